The summed E-state index contributed by atoms with van der Waals surface area (Å²) in [4.78, 5) is 18.8. The van der Waals surface area contributed by atoms with Gasteiger partial charge in [0.25, 0.3) is 0 Å². The highest BCUT2D eigenvalue weighted by atomic mass is 16.2. The molecule has 2 rings (SSSR count). The second-order valence-corrected chi connectivity index (χ2v) is 5.64. The van der Waals surface area contributed by atoms with Crippen LogP contribution in [0, 0.1) is 0 Å². The molecule has 1 N–H and O–H groups in total. The molecule has 0 unspecified atom stereocenters. The van der Waals surface area contributed by atoms with E-state index < -0.39 is 0 Å². The second kappa shape index (κ2) is 7.82. The minimum absolute atomic E-state index is 0.296. The topological polar surface area (TPSA) is 47.0 Å². The quantitative estimate of drug-likeness (QED) is 0.690. The third-order valence-electron chi connectivity index (χ3n) is 4.17. The lowest BCUT2D eigenvalue weighted by molar-refractivity contribution is -0.131. The lowest BCUT2D eigenvalue weighted by Gasteiger charge is -2.35. The third-order valence-corrected chi connectivity index (χ3v) is 4.17. The molecule has 19 heavy (non-hydrogen) atoms. The molecule has 0 spiro atoms. The average Bonchev–Trinajstić information content (AvgIpc) is 2.95. The van der Waals surface area contributed by atoms with Gasteiger partial charge in [-0.3, -0.25) is 9.69 Å². The molecule has 2 fully saturated rings. The number of unbranched alkanes of at least 4 members (excludes halogenated alkanes) is 1. The lowest BCUT2D eigenvalue weighted by atomic mass is 10.2. The van der Waals surface area contributed by atoms with Crippen molar-refractivity contribution in [1.29, 1.82) is 0 Å². The predicted octanol–water partition coefficient (Wildman–Crippen LogP) is -0.00110. The fraction of sp³-hybridized carbons (Fsp3) is 0.929. The third kappa shape index (κ3) is 4.75. The van der Waals surface area contributed by atoms with Crippen molar-refractivity contribution in [3.63, 3.8) is 0 Å². The van der Waals surface area contributed by atoms with Gasteiger partial charge in [-0.25, -0.2) is 0 Å². The van der Waals surface area contributed by atoms with Crippen LogP contribution in [0.1, 0.15) is 25.7 Å². The molecule has 0 aromatic rings. The summed E-state index contributed by atoms with van der Waals surface area (Å²) in [7, 11) is 0. The first-order valence-corrected chi connectivity index (χ1v) is 7.63. The SMILES string of the molecule is O=C(CN1CCN(CCCCO)CC1)N1CCCC1. The zero-order valence-corrected chi connectivity index (χ0v) is 11.9. The van der Waals surface area contributed by atoms with Crippen molar-refractivity contribution in [2.45, 2.75) is 25.7 Å². The number of rotatable bonds is 6. The smallest absolute Gasteiger partial charge is 0.236 e. The van der Waals surface area contributed by atoms with Gasteiger partial charge in [0, 0.05) is 45.9 Å². The zero-order chi connectivity index (χ0) is 13.5. The first kappa shape index (κ1) is 14.8. The Morgan fingerprint density at radius 1 is 0.895 bits per heavy atom. The van der Waals surface area contributed by atoms with Crippen LogP contribution < -0.4 is 0 Å². The fourth-order valence-electron chi connectivity index (χ4n) is 2.88. The molecule has 2 heterocycles. The van der Waals surface area contributed by atoms with E-state index in [-0.39, 0.29) is 0 Å². The van der Waals surface area contributed by atoms with E-state index in [4.69, 9.17) is 5.11 Å². The van der Waals surface area contributed by atoms with Gasteiger partial charge in [0.15, 0.2) is 0 Å². The molecule has 1 amide bonds. The summed E-state index contributed by atoms with van der Waals surface area (Å²) in [6.45, 7) is 8.00. The fourth-order valence-corrected chi connectivity index (χ4v) is 2.88. The summed E-state index contributed by atoms with van der Waals surface area (Å²) in [5.74, 6) is 0.311. The molecule has 0 aromatic carbocycles. The Balaban J connectivity index is 1.61. The van der Waals surface area contributed by atoms with Gasteiger partial charge in [-0.1, -0.05) is 0 Å². The zero-order valence-electron chi connectivity index (χ0n) is 11.9. The maximum atomic E-state index is 12.0. The Labute approximate surface area is 116 Å². The van der Waals surface area contributed by atoms with Crippen LogP contribution in [0.5, 0.6) is 0 Å². The standard InChI is InChI=1S/C14H27N3O2/c18-12-4-3-5-15-8-10-16(11-9-15)13-14(19)17-6-1-2-7-17/h18H,1-13H2. The van der Waals surface area contributed by atoms with Crippen LogP contribution in [-0.2, 0) is 4.79 Å². The van der Waals surface area contributed by atoms with Gasteiger partial charge in [-0.15, -0.1) is 0 Å². The number of aliphatic hydroxyl groups is 1. The van der Waals surface area contributed by atoms with Crippen molar-refractivity contribution in [3.05, 3.63) is 0 Å². The van der Waals surface area contributed by atoms with Crippen LogP contribution in [0.25, 0.3) is 0 Å². The van der Waals surface area contributed by atoms with Gasteiger partial charge in [-0.2, -0.15) is 0 Å². The van der Waals surface area contributed by atoms with Crippen LogP contribution in [-0.4, -0.2) is 84.7 Å². The predicted molar refractivity (Wildman–Crippen MR) is 75.0 cm³/mol. The molecule has 5 nitrogen and oxygen atoms in total. The van der Waals surface area contributed by atoms with Crippen LogP contribution in [0.4, 0.5) is 0 Å². The van der Waals surface area contributed by atoms with E-state index >= 15 is 0 Å². The highest BCUT2D eigenvalue weighted by molar-refractivity contribution is 5.78. The van der Waals surface area contributed by atoms with E-state index in [1.807, 2.05) is 4.90 Å². The number of hydrogen-bond acceptors (Lipinski definition) is 4. The molecule has 5 heteroatoms. The summed E-state index contributed by atoms with van der Waals surface area (Å²) in [5.41, 5.74) is 0. The summed E-state index contributed by atoms with van der Waals surface area (Å²) in [6, 6.07) is 0. The van der Waals surface area contributed by atoms with E-state index in [1.54, 1.807) is 0 Å². The van der Waals surface area contributed by atoms with Gasteiger partial charge in [0.05, 0.1) is 6.54 Å². The van der Waals surface area contributed by atoms with Crippen LogP contribution in [0.2, 0.25) is 0 Å². The number of likely N-dealkylation sites (tertiary alicyclic amines) is 1. The first-order chi connectivity index (χ1) is 9.29. The molecule has 110 valence electrons. The van der Waals surface area contributed by atoms with Crippen molar-refractivity contribution in [1.82, 2.24) is 14.7 Å². The van der Waals surface area contributed by atoms with Crippen molar-refractivity contribution >= 4 is 5.91 Å². The Kier molecular flexibility index (Phi) is 6.07. The molecule has 0 atom stereocenters. The molecule has 2 saturated heterocycles. The van der Waals surface area contributed by atoms with Gasteiger partial charge >= 0.3 is 0 Å². The summed E-state index contributed by atoms with van der Waals surface area (Å²) >= 11 is 0. The largest absolute Gasteiger partial charge is 0.396 e. The number of carbonyl (C=O) groups is 1. The molecular formula is C14H27N3O2. The number of aliphatic hydroxyl groups excluding tert-OH is 1. The minimum Gasteiger partial charge on any atom is -0.396 e. The highest BCUT2D eigenvalue weighted by Gasteiger charge is 2.23. The summed E-state index contributed by atoms with van der Waals surface area (Å²) in [5, 5.41) is 8.77. The molecule has 0 aromatic heterocycles. The Bertz CT molecular complexity index is 272. The minimum atomic E-state index is 0.296. The number of piperazine rings is 1. The number of amides is 1. The number of nitrogens with zero attached hydrogens (tertiary/aromatic N) is 3. The van der Waals surface area contributed by atoms with Crippen LogP contribution >= 0.6 is 0 Å². The number of hydrogen-bond donors (Lipinski definition) is 1. The van der Waals surface area contributed by atoms with Crippen molar-refractivity contribution in [3.8, 4) is 0 Å². The molecule has 0 aliphatic carbocycles. The maximum Gasteiger partial charge on any atom is 0.236 e. The normalized spacial score (nSPS) is 22.1. The molecule has 2 aliphatic heterocycles. The van der Waals surface area contributed by atoms with Crippen molar-refractivity contribution < 1.29 is 9.90 Å². The maximum absolute atomic E-state index is 12.0. The summed E-state index contributed by atoms with van der Waals surface area (Å²) in [6.07, 6.45) is 4.31. The number of carbonyl (C=O) groups excluding carboxylic acids is 1. The Hall–Kier alpha value is -0.650. The summed E-state index contributed by atoms with van der Waals surface area (Å²) < 4.78 is 0. The second-order valence-electron chi connectivity index (χ2n) is 5.64. The van der Waals surface area contributed by atoms with Gasteiger partial charge < -0.3 is 14.9 Å². The molecular weight excluding hydrogens is 242 g/mol. The monoisotopic (exact) mass is 269 g/mol. The van der Waals surface area contributed by atoms with E-state index in [1.165, 1.54) is 12.8 Å². The average molecular weight is 269 g/mol. The van der Waals surface area contributed by atoms with E-state index in [2.05, 4.69) is 9.80 Å². The lowest BCUT2D eigenvalue weighted by Crippen LogP contribution is -2.49. The van der Waals surface area contributed by atoms with Gasteiger partial charge in [-0.05, 0) is 32.2 Å². The van der Waals surface area contributed by atoms with Gasteiger partial charge in [0.1, 0.15) is 0 Å². The highest BCUT2D eigenvalue weighted by Crippen LogP contribution is 2.09. The Morgan fingerprint density at radius 3 is 2.16 bits per heavy atom. The van der Waals surface area contributed by atoms with Crippen molar-refractivity contribution in [2.24, 2.45) is 0 Å². The van der Waals surface area contributed by atoms with E-state index in [0.717, 1.165) is 58.7 Å². The first-order valence-electron chi connectivity index (χ1n) is 7.63. The van der Waals surface area contributed by atoms with Crippen molar-refractivity contribution in [2.75, 3.05) is 59.0 Å². The van der Waals surface area contributed by atoms with Crippen LogP contribution in [0.3, 0.4) is 0 Å². The molecule has 2 aliphatic rings. The molecule has 0 radical (unpaired) electrons. The molecule has 0 saturated carbocycles. The van der Waals surface area contributed by atoms with E-state index in [0.29, 0.717) is 19.1 Å². The van der Waals surface area contributed by atoms with E-state index in [9.17, 15) is 4.79 Å². The van der Waals surface area contributed by atoms with Crippen LogP contribution in [0.15, 0.2) is 0 Å². The molecule has 0 bridgehead atoms. The van der Waals surface area contributed by atoms with Gasteiger partial charge in [0.2, 0.25) is 5.91 Å². The Morgan fingerprint density at radius 2 is 1.53 bits per heavy atom.